The molecule has 0 saturated heterocycles. The second-order valence-corrected chi connectivity index (χ2v) is 15.2. The molecule has 41 heteroatoms. The van der Waals surface area contributed by atoms with Gasteiger partial charge in [0.1, 0.15) is 0 Å². The first-order valence-corrected chi connectivity index (χ1v) is 11.8. The summed E-state index contributed by atoms with van der Waals surface area (Å²) in [6.45, 7) is 0. The van der Waals surface area contributed by atoms with Gasteiger partial charge in [0.15, 0.2) is 0 Å². The van der Waals surface area contributed by atoms with Crippen LogP contribution in [0.2, 0.25) is 0 Å². The molecule has 0 fully saturated rings. The molecule has 41 heavy (non-hydrogen) atoms. The van der Waals surface area contributed by atoms with Crippen LogP contribution >= 0.6 is 0 Å². The van der Waals surface area contributed by atoms with Gasteiger partial charge in [-0.2, -0.15) is 0 Å². The number of rotatable bonds is 12. The normalized spacial score (nSPS) is 13.5. The fourth-order valence-corrected chi connectivity index (χ4v) is 5.50. The summed E-state index contributed by atoms with van der Waals surface area (Å²) in [4.78, 5) is 126. The van der Waals surface area contributed by atoms with Crippen molar-refractivity contribution in [3.05, 3.63) is 121 Å². The number of nitro groups is 12. The minimum atomic E-state index is -10.3. The second kappa shape index (κ2) is 12.4. The van der Waals surface area contributed by atoms with Gasteiger partial charge in [0.05, 0.1) is 0 Å². The van der Waals surface area contributed by atoms with Gasteiger partial charge >= 0.3 is 306 Å². The van der Waals surface area contributed by atoms with Crippen molar-refractivity contribution < 1.29 is 71.3 Å². The van der Waals surface area contributed by atoms with Crippen LogP contribution in [0.5, 0.6) is 0 Å². The molecule has 0 atom stereocenters. The molecule has 0 bridgehead atoms. The zero-order valence-electron chi connectivity index (χ0n) is 18.0. The standard InChI is InChI=1S/3Ca.2Co.12NO2/c;;;;;12*2-1-3/q3*+2;2*-3;;;;;;;;;;;;. The Bertz CT molecular complexity index is 968. The van der Waals surface area contributed by atoms with Crippen LogP contribution in [0, 0.1) is 121 Å². The van der Waals surface area contributed by atoms with Crippen molar-refractivity contribution >= 4 is 113 Å². The zero-order chi connectivity index (χ0) is 31.7. The molecule has 0 aliphatic carbocycles. The van der Waals surface area contributed by atoms with E-state index in [1.807, 2.05) is 0 Å². The summed E-state index contributed by atoms with van der Waals surface area (Å²) in [6, 6.07) is 0. The van der Waals surface area contributed by atoms with Crippen molar-refractivity contribution in [2.24, 2.45) is 0 Å². The molecule has 0 aromatic heterocycles. The summed E-state index contributed by atoms with van der Waals surface area (Å²) in [5.74, 6) is 0. The smallest absolute Gasteiger partial charge is 2.00 e. The monoisotopic (exact) mass is 790 g/mol. The average molecular weight is 790 g/mol. The molecule has 0 spiro atoms. The van der Waals surface area contributed by atoms with E-state index >= 15 is 0 Å². The minimum absolute atomic E-state index is 0. The summed E-state index contributed by atoms with van der Waals surface area (Å²) in [5.41, 5.74) is 0. The van der Waals surface area contributed by atoms with E-state index in [9.17, 15) is 121 Å². The third-order valence-corrected chi connectivity index (χ3v) is 13.5. The van der Waals surface area contributed by atoms with Crippen molar-refractivity contribution in [2.75, 3.05) is 0 Å². The van der Waals surface area contributed by atoms with E-state index in [4.69, 9.17) is 0 Å². The first-order chi connectivity index (χ1) is 16.7. The van der Waals surface area contributed by atoms with Crippen molar-refractivity contribution in [3.8, 4) is 0 Å². The number of nitrogens with zero attached hydrogens (tertiary/aromatic N) is 12. The van der Waals surface area contributed by atoms with Gasteiger partial charge in [-0.1, -0.05) is 0 Å². The van der Waals surface area contributed by atoms with Crippen LogP contribution in [-0.4, -0.2) is 161 Å². The predicted octanol–water partition coefficient (Wildman–Crippen LogP) is -4.42. The van der Waals surface area contributed by atoms with Gasteiger partial charge in [0.25, 0.3) is 0 Å². The summed E-state index contributed by atoms with van der Waals surface area (Å²) in [6.07, 6.45) is 0. The fraction of sp³-hybridized carbons (Fsp3) is 0. The molecular weight excluding hydrogens is 790 g/mol. The minimum Gasteiger partial charge on any atom is 2.00 e. The fourth-order valence-electron chi connectivity index (χ4n) is 1.33. The summed E-state index contributed by atoms with van der Waals surface area (Å²) in [7, 11) is 0. The third-order valence-electron chi connectivity index (χ3n) is 3.27. The molecule has 0 aliphatic rings. The molecule has 36 nitrogen and oxygen atoms in total. The Labute approximate surface area is 301 Å². The maximum Gasteiger partial charge on any atom is 2.00 e. The van der Waals surface area contributed by atoms with Crippen molar-refractivity contribution in [1.82, 2.24) is 0 Å². The first-order valence-electron chi connectivity index (χ1n) is 6.17. The molecule has 0 amide bonds. The van der Waals surface area contributed by atoms with E-state index in [2.05, 4.69) is 0 Å². The van der Waals surface area contributed by atoms with E-state index in [0.717, 1.165) is 0 Å². The zero-order valence-corrected chi connectivity index (χ0v) is 26.7. The molecule has 0 aliphatic heterocycles. The maximum atomic E-state index is 10.5. The molecule has 0 aromatic carbocycles. The third kappa shape index (κ3) is 3.44. The van der Waals surface area contributed by atoms with Crippen LogP contribution < -0.4 is 0 Å². The van der Waals surface area contributed by atoms with Crippen LogP contribution in [0.1, 0.15) is 0 Å². The van der Waals surface area contributed by atoms with Gasteiger partial charge in [-0.25, -0.2) is 0 Å². The molecule has 0 unspecified atom stereocenters. The van der Waals surface area contributed by atoms with Gasteiger partial charge < -0.3 is 0 Å². The van der Waals surface area contributed by atoms with Gasteiger partial charge in [-0.05, 0) is 0 Å². The molecule has 0 rings (SSSR count). The SMILES string of the molecule is O=[N+]([O-])[Co-3]([N+](=O)[O-])([N+](=O)[O-])([N+](=O)[O-])([N+](=O)[O-])[N+](=O)[O-].O=[N+]([O-])[Co-3]([N+](=O)[O-])([N+](=O)[O-])([N+](=O)[O-])([N+](=O)[O-])[N+](=O)[O-].[Ca+2].[Ca+2].[Ca+2]. The summed E-state index contributed by atoms with van der Waals surface area (Å²) >= 11 is -20.5. The largest absolute Gasteiger partial charge is 2.00 e. The summed E-state index contributed by atoms with van der Waals surface area (Å²) in [5, 5.41) is 126. The molecule has 0 radical (unpaired) electrons. The Balaban J connectivity index is -0.000000196. The van der Waals surface area contributed by atoms with Gasteiger partial charge in [-0.15, -0.1) is 0 Å². The molecular formula is Ca3Co2N12O24. The van der Waals surface area contributed by atoms with Crippen LogP contribution in [0.25, 0.3) is 0 Å². The van der Waals surface area contributed by atoms with Crippen molar-refractivity contribution in [3.63, 3.8) is 0 Å². The van der Waals surface area contributed by atoms with Crippen LogP contribution in [-0.2, 0) is 23.6 Å². The van der Waals surface area contributed by atoms with E-state index in [-0.39, 0.29) is 113 Å². The van der Waals surface area contributed by atoms with E-state index in [0.29, 0.717) is 0 Å². The van der Waals surface area contributed by atoms with Crippen molar-refractivity contribution in [1.29, 1.82) is 0 Å². The maximum absolute atomic E-state index is 10.5. The van der Waals surface area contributed by atoms with Gasteiger partial charge in [-0.3, -0.25) is 0 Å². The topological polar surface area (TPSA) is 518 Å². The van der Waals surface area contributed by atoms with E-state index < -0.39 is 71.3 Å². The van der Waals surface area contributed by atoms with E-state index in [1.54, 1.807) is 0 Å². The predicted molar refractivity (Wildman–Crippen MR) is 101 cm³/mol. The molecule has 228 valence electrons. The van der Waals surface area contributed by atoms with Crippen LogP contribution in [0.4, 0.5) is 0 Å². The molecule has 0 N–H and O–H groups in total. The van der Waals surface area contributed by atoms with Crippen LogP contribution in [0.15, 0.2) is 0 Å². The van der Waals surface area contributed by atoms with E-state index in [1.165, 1.54) is 0 Å². The Morgan fingerprint density at radius 3 is 0.268 bits per heavy atom. The van der Waals surface area contributed by atoms with Gasteiger partial charge in [0, 0.05) is 0 Å². The Morgan fingerprint density at radius 1 is 0.220 bits per heavy atom. The number of hydrogen-bond donors (Lipinski definition) is 0. The van der Waals surface area contributed by atoms with Gasteiger partial charge in [0.2, 0.25) is 0 Å². The molecule has 0 saturated carbocycles. The quantitative estimate of drug-likeness (QED) is 0.102. The Morgan fingerprint density at radius 2 is 0.268 bits per heavy atom. The number of hydrogen-bond acceptors (Lipinski definition) is 24. The first kappa shape index (κ1) is 48.3. The molecule has 0 heterocycles. The average Bonchev–Trinajstić information content (AvgIpc) is 2.67. The Hall–Kier alpha value is -2.41. The summed E-state index contributed by atoms with van der Waals surface area (Å²) < 4.78 is -39.1. The molecule has 0 aromatic rings. The van der Waals surface area contributed by atoms with Crippen molar-refractivity contribution in [2.45, 2.75) is 0 Å². The second-order valence-electron chi connectivity index (χ2n) is 4.36. The Kier molecular flexibility index (Phi) is 14.7. The van der Waals surface area contributed by atoms with Crippen LogP contribution in [0.3, 0.4) is 0 Å².